The molecule has 104 valence electrons. The highest BCUT2D eigenvalue weighted by molar-refractivity contribution is 8.01. The van der Waals surface area contributed by atoms with Gasteiger partial charge in [0.15, 0.2) is 0 Å². The zero-order valence-electron chi connectivity index (χ0n) is 9.85. The number of pyridine rings is 1. The minimum absolute atomic E-state index is 0.165. The standard InChI is InChI=1S/C10H11FN2O4S2/c1-6-13(9(5-18-6)10(14)15)19(16,17)8-2-7(11)3-12-4-8/h2-4,6,9H,5H2,1H3,(H,14,15). The molecule has 2 heterocycles. The van der Waals surface area contributed by atoms with Gasteiger partial charge >= 0.3 is 5.97 Å². The average Bonchev–Trinajstić information content (AvgIpc) is 2.72. The van der Waals surface area contributed by atoms with Crippen LogP contribution in [0.2, 0.25) is 0 Å². The molecule has 1 aromatic heterocycles. The third-order valence-electron chi connectivity index (χ3n) is 2.70. The first-order chi connectivity index (χ1) is 8.84. The van der Waals surface area contributed by atoms with E-state index in [1.54, 1.807) is 6.92 Å². The summed E-state index contributed by atoms with van der Waals surface area (Å²) < 4.78 is 38.7. The number of aliphatic carboxylic acids is 1. The molecule has 1 aliphatic heterocycles. The number of halogens is 1. The second kappa shape index (κ2) is 5.06. The Labute approximate surface area is 113 Å². The van der Waals surface area contributed by atoms with Crippen molar-refractivity contribution in [3.63, 3.8) is 0 Å². The fourth-order valence-electron chi connectivity index (χ4n) is 1.83. The van der Waals surface area contributed by atoms with Gasteiger partial charge in [-0.15, -0.1) is 11.8 Å². The molecular weight excluding hydrogens is 295 g/mol. The lowest BCUT2D eigenvalue weighted by Crippen LogP contribution is -2.44. The number of hydrogen-bond acceptors (Lipinski definition) is 5. The fraction of sp³-hybridized carbons (Fsp3) is 0.400. The summed E-state index contributed by atoms with van der Waals surface area (Å²) in [6.45, 7) is 1.60. The van der Waals surface area contributed by atoms with Crippen molar-refractivity contribution in [2.75, 3.05) is 5.75 Å². The van der Waals surface area contributed by atoms with E-state index < -0.39 is 33.2 Å². The summed E-state index contributed by atoms with van der Waals surface area (Å²) >= 11 is 1.22. The first-order valence-electron chi connectivity index (χ1n) is 5.32. The molecule has 0 radical (unpaired) electrons. The molecule has 9 heteroatoms. The van der Waals surface area contributed by atoms with Crippen molar-refractivity contribution in [2.45, 2.75) is 23.2 Å². The highest BCUT2D eigenvalue weighted by atomic mass is 32.2. The molecule has 0 aromatic carbocycles. The van der Waals surface area contributed by atoms with Crippen LogP contribution in [0.1, 0.15) is 6.92 Å². The first-order valence-corrected chi connectivity index (χ1v) is 7.81. The van der Waals surface area contributed by atoms with Crippen molar-refractivity contribution in [3.8, 4) is 0 Å². The van der Waals surface area contributed by atoms with Crippen LogP contribution in [0.15, 0.2) is 23.4 Å². The smallest absolute Gasteiger partial charge is 0.322 e. The van der Waals surface area contributed by atoms with Gasteiger partial charge in [-0.05, 0) is 13.0 Å². The Morgan fingerprint density at radius 3 is 2.84 bits per heavy atom. The van der Waals surface area contributed by atoms with Gasteiger partial charge in [-0.2, -0.15) is 4.31 Å². The maximum absolute atomic E-state index is 13.1. The Morgan fingerprint density at radius 2 is 2.26 bits per heavy atom. The van der Waals surface area contributed by atoms with Crippen molar-refractivity contribution in [2.24, 2.45) is 0 Å². The Morgan fingerprint density at radius 1 is 1.58 bits per heavy atom. The predicted molar refractivity (Wildman–Crippen MR) is 66.6 cm³/mol. The topological polar surface area (TPSA) is 87.6 Å². The van der Waals surface area contributed by atoms with E-state index in [-0.39, 0.29) is 10.6 Å². The minimum Gasteiger partial charge on any atom is -0.480 e. The highest BCUT2D eigenvalue weighted by Crippen LogP contribution is 2.34. The number of nitrogens with zero attached hydrogens (tertiary/aromatic N) is 2. The van der Waals surface area contributed by atoms with Crippen LogP contribution in [-0.4, -0.2) is 46.0 Å². The normalized spacial score (nSPS) is 24.5. The number of thioether (sulfide) groups is 1. The maximum Gasteiger partial charge on any atom is 0.322 e. The van der Waals surface area contributed by atoms with E-state index in [4.69, 9.17) is 5.11 Å². The number of carboxylic acids is 1. The number of rotatable bonds is 3. The molecule has 0 amide bonds. The Balaban J connectivity index is 2.46. The monoisotopic (exact) mass is 306 g/mol. The van der Waals surface area contributed by atoms with E-state index >= 15 is 0 Å². The molecule has 1 saturated heterocycles. The second-order valence-electron chi connectivity index (χ2n) is 3.96. The summed E-state index contributed by atoms with van der Waals surface area (Å²) in [5.74, 6) is -1.84. The molecule has 1 aliphatic rings. The van der Waals surface area contributed by atoms with Gasteiger partial charge in [0.25, 0.3) is 0 Å². The number of aromatic nitrogens is 1. The molecule has 2 rings (SSSR count). The zero-order chi connectivity index (χ0) is 14.2. The lowest BCUT2D eigenvalue weighted by molar-refractivity contribution is -0.140. The van der Waals surface area contributed by atoms with Gasteiger partial charge in [0, 0.05) is 11.9 Å². The predicted octanol–water partition coefficient (Wildman–Crippen LogP) is 0.757. The number of carboxylic acid groups (broad SMARTS) is 1. The van der Waals surface area contributed by atoms with Crippen LogP contribution in [0.25, 0.3) is 0 Å². The molecule has 0 spiro atoms. The van der Waals surface area contributed by atoms with Crippen molar-refractivity contribution in [1.29, 1.82) is 0 Å². The van der Waals surface area contributed by atoms with Crippen LogP contribution < -0.4 is 0 Å². The Kier molecular flexibility index (Phi) is 3.79. The summed E-state index contributed by atoms with van der Waals surface area (Å²) in [6.07, 6.45) is 1.89. The maximum atomic E-state index is 13.1. The molecule has 1 N–H and O–H groups in total. The molecule has 1 fully saturated rings. The van der Waals surface area contributed by atoms with Gasteiger partial charge in [0.1, 0.15) is 16.8 Å². The second-order valence-corrected chi connectivity index (χ2v) is 7.15. The largest absolute Gasteiger partial charge is 0.480 e. The molecular formula is C10H11FN2O4S2. The van der Waals surface area contributed by atoms with Gasteiger partial charge in [-0.1, -0.05) is 0 Å². The highest BCUT2D eigenvalue weighted by Gasteiger charge is 2.44. The number of sulfonamides is 1. The van der Waals surface area contributed by atoms with Crippen LogP contribution >= 0.6 is 11.8 Å². The molecule has 0 saturated carbocycles. The lowest BCUT2D eigenvalue weighted by Gasteiger charge is -2.23. The third kappa shape index (κ3) is 2.58. The molecule has 6 nitrogen and oxygen atoms in total. The average molecular weight is 306 g/mol. The summed E-state index contributed by atoms with van der Waals surface area (Å²) in [7, 11) is -4.08. The molecule has 2 unspecified atom stereocenters. The van der Waals surface area contributed by atoms with E-state index in [0.29, 0.717) is 0 Å². The van der Waals surface area contributed by atoms with E-state index in [9.17, 15) is 17.6 Å². The summed E-state index contributed by atoms with van der Waals surface area (Å²) in [5.41, 5.74) is 0. The van der Waals surface area contributed by atoms with Crippen LogP contribution in [-0.2, 0) is 14.8 Å². The van der Waals surface area contributed by atoms with E-state index in [2.05, 4.69) is 4.98 Å². The van der Waals surface area contributed by atoms with E-state index in [0.717, 1.165) is 22.8 Å². The van der Waals surface area contributed by atoms with Crippen LogP contribution in [0.4, 0.5) is 4.39 Å². The number of carbonyl (C=O) groups is 1. The van der Waals surface area contributed by atoms with Crippen molar-refractivity contribution in [3.05, 3.63) is 24.3 Å². The van der Waals surface area contributed by atoms with Crippen molar-refractivity contribution in [1.82, 2.24) is 9.29 Å². The quantitative estimate of drug-likeness (QED) is 0.887. The molecule has 2 atom stereocenters. The Bertz CT molecular complexity index is 607. The van der Waals surface area contributed by atoms with Crippen LogP contribution in [0.3, 0.4) is 0 Å². The zero-order valence-corrected chi connectivity index (χ0v) is 11.5. The van der Waals surface area contributed by atoms with Crippen LogP contribution in [0.5, 0.6) is 0 Å². The van der Waals surface area contributed by atoms with Gasteiger partial charge in [0.2, 0.25) is 10.0 Å². The van der Waals surface area contributed by atoms with Gasteiger partial charge < -0.3 is 5.11 Å². The van der Waals surface area contributed by atoms with Crippen molar-refractivity contribution < 1.29 is 22.7 Å². The summed E-state index contributed by atoms with van der Waals surface area (Å²) in [5, 5.41) is 8.54. The van der Waals surface area contributed by atoms with Crippen molar-refractivity contribution >= 4 is 27.8 Å². The molecule has 0 aliphatic carbocycles. The van der Waals surface area contributed by atoms with Gasteiger partial charge in [-0.3, -0.25) is 9.78 Å². The fourth-order valence-corrected chi connectivity index (χ4v) is 5.09. The summed E-state index contributed by atoms with van der Waals surface area (Å²) in [4.78, 5) is 14.2. The first kappa shape index (κ1) is 14.2. The molecule has 0 bridgehead atoms. The summed E-state index contributed by atoms with van der Waals surface area (Å²) in [6, 6.07) is -0.315. The van der Waals surface area contributed by atoms with Crippen LogP contribution in [0, 0.1) is 5.82 Å². The molecule has 1 aromatic rings. The van der Waals surface area contributed by atoms with Gasteiger partial charge in [0.05, 0.1) is 11.6 Å². The number of hydrogen-bond donors (Lipinski definition) is 1. The van der Waals surface area contributed by atoms with E-state index in [1.807, 2.05) is 0 Å². The van der Waals surface area contributed by atoms with E-state index in [1.165, 1.54) is 11.8 Å². The van der Waals surface area contributed by atoms with Gasteiger partial charge in [-0.25, -0.2) is 12.8 Å². The molecule has 19 heavy (non-hydrogen) atoms. The third-order valence-corrected chi connectivity index (χ3v) is 6.00. The SMILES string of the molecule is CC1SCC(C(=O)O)N1S(=O)(=O)c1cncc(F)c1. The lowest BCUT2D eigenvalue weighted by atomic mass is 10.3. The minimum atomic E-state index is -4.08. The Hall–Kier alpha value is -1.19.